The number of hydrogen-bond donors (Lipinski definition) is 2. The predicted octanol–water partition coefficient (Wildman–Crippen LogP) is 1.55. The van der Waals surface area contributed by atoms with Crippen molar-refractivity contribution in [3.05, 3.63) is 60.2 Å². The third-order valence-corrected chi connectivity index (χ3v) is 6.65. The van der Waals surface area contributed by atoms with Gasteiger partial charge in [0, 0.05) is 43.5 Å². The molecule has 2 aromatic rings. The third kappa shape index (κ3) is 5.71. The molecule has 1 fully saturated rings. The zero-order valence-electron chi connectivity index (χ0n) is 16.3. The van der Waals surface area contributed by atoms with Crippen LogP contribution in [0.25, 0.3) is 0 Å². The molecule has 1 heterocycles. The lowest BCUT2D eigenvalue weighted by Gasteiger charge is -2.35. The van der Waals surface area contributed by atoms with E-state index < -0.39 is 16.1 Å². The van der Waals surface area contributed by atoms with E-state index in [0.29, 0.717) is 26.2 Å². The van der Waals surface area contributed by atoms with Gasteiger partial charge in [-0.3, -0.25) is 0 Å². The number of ether oxygens (including phenoxy) is 1. The molecule has 29 heavy (non-hydrogen) atoms. The van der Waals surface area contributed by atoms with Gasteiger partial charge in [-0.25, -0.2) is 8.42 Å². The molecule has 0 bridgehead atoms. The highest BCUT2D eigenvalue weighted by Gasteiger charge is 2.29. The van der Waals surface area contributed by atoms with E-state index >= 15 is 0 Å². The number of hydrogen-bond acceptors (Lipinski definition) is 6. The number of rotatable bonds is 6. The summed E-state index contributed by atoms with van der Waals surface area (Å²) >= 11 is 0. The first-order chi connectivity index (χ1) is 14.0. The molecule has 7 nitrogen and oxygen atoms in total. The van der Waals surface area contributed by atoms with Crippen molar-refractivity contribution in [3.63, 3.8) is 0 Å². The molecule has 1 atom stereocenters. The van der Waals surface area contributed by atoms with Crippen LogP contribution in [0.4, 0.5) is 5.69 Å². The van der Waals surface area contributed by atoms with E-state index in [-0.39, 0.29) is 5.75 Å². The number of nitrogens with one attached hydrogen (secondary N) is 1. The highest BCUT2D eigenvalue weighted by molar-refractivity contribution is 7.89. The Hall–Kier alpha value is -2.57. The van der Waals surface area contributed by atoms with Crippen LogP contribution >= 0.6 is 0 Å². The number of piperazine rings is 1. The molecule has 0 amide bonds. The van der Waals surface area contributed by atoms with Gasteiger partial charge in [0.05, 0.1) is 12.9 Å². The fourth-order valence-corrected chi connectivity index (χ4v) is 4.66. The summed E-state index contributed by atoms with van der Waals surface area (Å²) in [6.45, 7) is 1.92. The molecule has 3 rings (SSSR count). The van der Waals surface area contributed by atoms with Crippen LogP contribution in [0.1, 0.15) is 5.56 Å². The number of hydroxylamine groups is 1. The van der Waals surface area contributed by atoms with Crippen molar-refractivity contribution in [2.24, 2.45) is 0 Å². The number of nitrogens with zero attached hydrogens (tertiary/aromatic N) is 2. The Morgan fingerprint density at radius 3 is 2.48 bits per heavy atom. The molecule has 0 aromatic heterocycles. The Bertz CT molecular complexity index is 962. The first-order valence-corrected chi connectivity index (χ1v) is 11.0. The van der Waals surface area contributed by atoms with Crippen LogP contribution in [-0.4, -0.2) is 63.0 Å². The number of anilines is 1. The standard InChI is InChI=1S/C21H25N3O4S/c1-28-21-9-5-8-20(16-21)23-12-14-24(15-13-23)29(26,27)17-19(22-25)11-10-18-6-3-2-4-7-18/h2-9,16,19,22,25H,12-15,17H2,1H3. The van der Waals surface area contributed by atoms with Gasteiger partial charge >= 0.3 is 0 Å². The summed E-state index contributed by atoms with van der Waals surface area (Å²) in [6, 6.07) is 16.1. The van der Waals surface area contributed by atoms with Crippen molar-refractivity contribution in [2.45, 2.75) is 6.04 Å². The maximum absolute atomic E-state index is 12.8. The Balaban J connectivity index is 1.61. The Morgan fingerprint density at radius 1 is 1.10 bits per heavy atom. The van der Waals surface area contributed by atoms with E-state index in [1.165, 1.54) is 4.31 Å². The maximum Gasteiger partial charge on any atom is 0.216 e. The van der Waals surface area contributed by atoms with Gasteiger partial charge in [0.25, 0.3) is 0 Å². The van der Waals surface area contributed by atoms with Gasteiger partial charge in [0.1, 0.15) is 11.8 Å². The predicted molar refractivity (Wildman–Crippen MR) is 113 cm³/mol. The molecule has 2 aromatic carbocycles. The van der Waals surface area contributed by atoms with Gasteiger partial charge < -0.3 is 14.8 Å². The summed E-state index contributed by atoms with van der Waals surface area (Å²) in [6.07, 6.45) is 0. The second kappa shape index (κ2) is 9.76. The minimum Gasteiger partial charge on any atom is -0.497 e. The van der Waals surface area contributed by atoms with Gasteiger partial charge in [-0.05, 0) is 24.3 Å². The van der Waals surface area contributed by atoms with Crippen LogP contribution in [0.2, 0.25) is 0 Å². The lowest BCUT2D eigenvalue weighted by atomic mass is 10.2. The van der Waals surface area contributed by atoms with E-state index in [2.05, 4.69) is 16.7 Å². The SMILES string of the molecule is COc1cccc(N2CCN(S(=O)(=O)CC(C#Cc3ccccc3)NO)CC2)c1. The molecule has 2 N–H and O–H groups in total. The quantitative estimate of drug-likeness (QED) is 0.550. The molecule has 154 valence electrons. The fraction of sp³-hybridized carbons (Fsp3) is 0.333. The molecule has 1 aliphatic heterocycles. The van der Waals surface area contributed by atoms with E-state index in [1.54, 1.807) is 7.11 Å². The first-order valence-electron chi connectivity index (χ1n) is 9.35. The van der Waals surface area contributed by atoms with Crippen LogP contribution in [0, 0.1) is 11.8 Å². The van der Waals surface area contributed by atoms with Gasteiger partial charge in [-0.1, -0.05) is 36.1 Å². The molecule has 1 unspecified atom stereocenters. The van der Waals surface area contributed by atoms with E-state index in [4.69, 9.17) is 4.74 Å². The van der Waals surface area contributed by atoms with E-state index in [1.807, 2.05) is 60.1 Å². The first kappa shape index (κ1) is 21.1. The molecule has 0 saturated carbocycles. The summed E-state index contributed by atoms with van der Waals surface area (Å²) in [5.74, 6) is 6.15. The highest BCUT2D eigenvalue weighted by Crippen LogP contribution is 2.22. The topological polar surface area (TPSA) is 82.1 Å². The van der Waals surface area contributed by atoms with Crippen molar-refractivity contribution in [1.29, 1.82) is 0 Å². The number of benzene rings is 2. The molecule has 0 spiro atoms. The molecule has 0 radical (unpaired) electrons. The minimum absolute atomic E-state index is 0.289. The summed E-state index contributed by atoms with van der Waals surface area (Å²) in [7, 11) is -1.94. The van der Waals surface area contributed by atoms with Gasteiger partial charge in [-0.15, -0.1) is 0 Å². The minimum atomic E-state index is -3.56. The zero-order valence-corrected chi connectivity index (χ0v) is 17.1. The van der Waals surface area contributed by atoms with Crippen molar-refractivity contribution in [3.8, 4) is 17.6 Å². The average Bonchev–Trinajstić information content (AvgIpc) is 2.77. The van der Waals surface area contributed by atoms with Crippen molar-refractivity contribution in [2.75, 3.05) is 43.9 Å². The van der Waals surface area contributed by atoms with Crippen molar-refractivity contribution in [1.82, 2.24) is 9.79 Å². The Labute approximate surface area is 171 Å². The van der Waals surface area contributed by atoms with Gasteiger partial charge in [0.15, 0.2) is 0 Å². The monoisotopic (exact) mass is 415 g/mol. The number of methoxy groups -OCH3 is 1. The van der Waals surface area contributed by atoms with Crippen LogP contribution < -0.4 is 15.1 Å². The fourth-order valence-electron chi connectivity index (χ4n) is 3.15. The lowest BCUT2D eigenvalue weighted by molar-refractivity contribution is 0.153. The zero-order chi connectivity index (χ0) is 20.7. The second-order valence-electron chi connectivity index (χ2n) is 6.68. The largest absolute Gasteiger partial charge is 0.497 e. The normalized spacial score (nSPS) is 16.0. The van der Waals surface area contributed by atoms with E-state index in [9.17, 15) is 13.6 Å². The smallest absolute Gasteiger partial charge is 0.216 e. The van der Waals surface area contributed by atoms with Crippen LogP contribution in [0.3, 0.4) is 0 Å². The van der Waals surface area contributed by atoms with Crippen LogP contribution in [0.15, 0.2) is 54.6 Å². The van der Waals surface area contributed by atoms with Crippen molar-refractivity contribution >= 4 is 15.7 Å². The van der Waals surface area contributed by atoms with Gasteiger partial charge in [-0.2, -0.15) is 9.79 Å². The molecular formula is C21H25N3O4S. The molecular weight excluding hydrogens is 390 g/mol. The third-order valence-electron chi connectivity index (χ3n) is 4.75. The summed E-state index contributed by atoms with van der Waals surface area (Å²) < 4.78 is 32.3. The van der Waals surface area contributed by atoms with Crippen LogP contribution in [0.5, 0.6) is 5.75 Å². The molecule has 1 saturated heterocycles. The summed E-state index contributed by atoms with van der Waals surface area (Å²) in [5, 5.41) is 9.35. The Morgan fingerprint density at radius 2 is 1.83 bits per heavy atom. The molecule has 1 aliphatic rings. The highest BCUT2D eigenvalue weighted by atomic mass is 32.2. The lowest BCUT2D eigenvalue weighted by Crippen LogP contribution is -2.51. The molecule has 8 heteroatoms. The van der Waals surface area contributed by atoms with Gasteiger partial charge in [0.2, 0.25) is 10.0 Å². The van der Waals surface area contributed by atoms with E-state index in [0.717, 1.165) is 17.0 Å². The molecule has 0 aliphatic carbocycles. The summed E-state index contributed by atoms with van der Waals surface area (Å²) in [5.41, 5.74) is 3.78. The Kier molecular flexibility index (Phi) is 7.12. The van der Waals surface area contributed by atoms with Crippen molar-refractivity contribution < 1.29 is 18.4 Å². The average molecular weight is 416 g/mol. The number of sulfonamides is 1. The summed E-state index contributed by atoms with van der Waals surface area (Å²) in [4.78, 5) is 2.13. The van der Waals surface area contributed by atoms with Crippen LogP contribution in [-0.2, 0) is 10.0 Å². The maximum atomic E-state index is 12.8. The second-order valence-corrected chi connectivity index (χ2v) is 8.70.